The Labute approximate surface area is 95.4 Å². The van der Waals surface area contributed by atoms with Crippen LogP contribution in [0.3, 0.4) is 0 Å². The first-order valence-electron chi connectivity index (χ1n) is 6.73. The monoisotopic (exact) mass is 212 g/mol. The van der Waals surface area contributed by atoms with Crippen LogP contribution < -0.4 is 5.32 Å². The van der Waals surface area contributed by atoms with Crippen LogP contribution in [0, 0.1) is 0 Å². The summed E-state index contributed by atoms with van der Waals surface area (Å²) in [5.41, 5.74) is 0. The fraction of sp³-hybridized carbons (Fsp3) is 1.00. The summed E-state index contributed by atoms with van der Waals surface area (Å²) < 4.78 is 0. The average Bonchev–Trinajstić information content (AvgIpc) is 2.77. The van der Waals surface area contributed by atoms with Gasteiger partial charge < -0.3 is 5.32 Å². The molecule has 1 saturated carbocycles. The van der Waals surface area contributed by atoms with Crippen LogP contribution in [0.2, 0.25) is 0 Å². The molecule has 2 heteroatoms. The summed E-state index contributed by atoms with van der Waals surface area (Å²) in [5, 5.41) is 3.45. The van der Waals surface area contributed by atoms with Crippen molar-refractivity contribution in [3.05, 3.63) is 0 Å². The molecule has 1 atom stereocenters. The van der Waals surface area contributed by atoms with E-state index in [-0.39, 0.29) is 0 Å². The predicted octanol–water partition coefficient (Wildman–Crippen LogP) is 2.64. The molecule has 1 aliphatic carbocycles. The third kappa shape index (κ3) is 4.12. The summed E-state index contributed by atoms with van der Waals surface area (Å²) in [5.74, 6) is 0. The van der Waals surface area contributed by atoms with Crippen LogP contribution in [0.25, 0.3) is 0 Å². The number of rotatable bonds is 7. The van der Waals surface area contributed by atoms with Gasteiger partial charge in [0, 0.05) is 18.6 Å². The molecule has 1 aliphatic rings. The largest absolute Gasteiger partial charge is 0.316 e. The maximum absolute atomic E-state index is 3.45. The maximum atomic E-state index is 3.45. The normalized spacial score (nSPS) is 20.0. The number of hydrogen-bond donors (Lipinski definition) is 1. The van der Waals surface area contributed by atoms with Crippen molar-refractivity contribution in [1.29, 1.82) is 0 Å². The number of nitrogens with zero attached hydrogens (tertiary/aromatic N) is 1. The Morgan fingerprint density at radius 2 is 1.93 bits per heavy atom. The molecule has 2 nitrogen and oxygen atoms in total. The molecule has 0 amide bonds. The van der Waals surface area contributed by atoms with Gasteiger partial charge in [0.25, 0.3) is 0 Å². The van der Waals surface area contributed by atoms with Crippen LogP contribution >= 0.6 is 0 Å². The first-order chi connectivity index (χ1) is 7.31. The van der Waals surface area contributed by atoms with Crippen LogP contribution in [0.5, 0.6) is 0 Å². The van der Waals surface area contributed by atoms with Crippen LogP contribution in [0.4, 0.5) is 0 Å². The van der Waals surface area contributed by atoms with Crippen molar-refractivity contribution in [3.8, 4) is 0 Å². The summed E-state index contributed by atoms with van der Waals surface area (Å²) in [4.78, 5) is 2.68. The van der Waals surface area contributed by atoms with Gasteiger partial charge in [0.1, 0.15) is 0 Å². The van der Waals surface area contributed by atoms with E-state index in [1.807, 2.05) is 0 Å². The van der Waals surface area contributed by atoms with Crippen molar-refractivity contribution >= 4 is 0 Å². The summed E-state index contributed by atoms with van der Waals surface area (Å²) in [6.07, 6.45) is 8.33. The Balaban J connectivity index is 2.36. The molecule has 0 spiro atoms. The van der Waals surface area contributed by atoms with E-state index < -0.39 is 0 Å². The standard InChI is InChI=1S/C13H28N2/c1-4-8-12(14-3)11-15(5-2)13-9-6-7-10-13/h12-14H,4-11H2,1-3H3. The second kappa shape index (κ2) is 7.24. The minimum absolute atomic E-state index is 0.690. The molecule has 90 valence electrons. The zero-order valence-corrected chi connectivity index (χ0v) is 10.8. The van der Waals surface area contributed by atoms with Crippen molar-refractivity contribution in [2.45, 2.75) is 64.5 Å². The van der Waals surface area contributed by atoms with E-state index in [0.29, 0.717) is 6.04 Å². The molecule has 1 fully saturated rings. The van der Waals surface area contributed by atoms with E-state index in [1.165, 1.54) is 51.6 Å². The lowest BCUT2D eigenvalue weighted by Gasteiger charge is -2.31. The number of likely N-dealkylation sites (N-methyl/N-ethyl adjacent to an activating group) is 2. The zero-order valence-electron chi connectivity index (χ0n) is 10.8. The summed E-state index contributed by atoms with van der Waals surface area (Å²) >= 11 is 0. The van der Waals surface area contributed by atoms with Crippen molar-refractivity contribution in [3.63, 3.8) is 0 Å². The highest BCUT2D eigenvalue weighted by Gasteiger charge is 2.22. The third-order valence-corrected chi connectivity index (χ3v) is 3.75. The molecule has 0 aromatic rings. The Hall–Kier alpha value is -0.0800. The predicted molar refractivity (Wildman–Crippen MR) is 67.3 cm³/mol. The maximum Gasteiger partial charge on any atom is 0.0192 e. The van der Waals surface area contributed by atoms with Crippen molar-refractivity contribution < 1.29 is 0 Å². The third-order valence-electron chi connectivity index (χ3n) is 3.75. The molecule has 0 bridgehead atoms. The van der Waals surface area contributed by atoms with E-state index in [1.54, 1.807) is 0 Å². The summed E-state index contributed by atoms with van der Waals surface area (Å²) in [6.45, 7) is 7.03. The van der Waals surface area contributed by atoms with Gasteiger partial charge in [-0.1, -0.05) is 33.1 Å². The van der Waals surface area contributed by atoms with E-state index >= 15 is 0 Å². The molecule has 0 heterocycles. The van der Waals surface area contributed by atoms with Gasteiger partial charge in [0.05, 0.1) is 0 Å². The minimum Gasteiger partial charge on any atom is -0.316 e. The Morgan fingerprint density at radius 1 is 1.27 bits per heavy atom. The molecule has 0 radical (unpaired) electrons. The Kier molecular flexibility index (Phi) is 6.26. The molecular weight excluding hydrogens is 184 g/mol. The van der Waals surface area contributed by atoms with Gasteiger partial charge in [0.15, 0.2) is 0 Å². The highest BCUT2D eigenvalue weighted by Crippen LogP contribution is 2.23. The van der Waals surface area contributed by atoms with E-state index in [4.69, 9.17) is 0 Å². The van der Waals surface area contributed by atoms with Gasteiger partial charge in [-0.2, -0.15) is 0 Å². The summed E-state index contributed by atoms with van der Waals surface area (Å²) in [7, 11) is 2.10. The molecule has 1 unspecified atom stereocenters. The molecule has 1 N–H and O–H groups in total. The Morgan fingerprint density at radius 3 is 2.40 bits per heavy atom. The SMILES string of the molecule is CCCC(CN(CC)C1CCCC1)NC. The lowest BCUT2D eigenvalue weighted by Crippen LogP contribution is -2.43. The first kappa shape index (κ1) is 13.0. The van der Waals surface area contributed by atoms with Crippen LogP contribution in [0.1, 0.15) is 52.4 Å². The molecule has 0 aromatic carbocycles. The smallest absolute Gasteiger partial charge is 0.0192 e. The van der Waals surface area contributed by atoms with Gasteiger partial charge in [-0.05, 0) is 32.9 Å². The second-order valence-electron chi connectivity index (χ2n) is 4.80. The van der Waals surface area contributed by atoms with Crippen molar-refractivity contribution in [1.82, 2.24) is 10.2 Å². The summed E-state index contributed by atoms with van der Waals surface area (Å²) in [6, 6.07) is 1.57. The van der Waals surface area contributed by atoms with Gasteiger partial charge >= 0.3 is 0 Å². The average molecular weight is 212 g/mol. The van der Waals surface area contributed by atoms with Gasteiger partial charge in [-0.25, -0.2) is 0 Å². The fourth-order valence-corrected chi connectivity index (χ4v) is 2.76. The molecule has 0 aliphatic heterocycles. The number of nitrogens with one attached hydrogen (secondary N) is 1. The topological polar surface area (TPSA) is 15.3 Å². The van der Waals surface area contributed by atoms with Crippen LogP contribution in [-0.2, 0) is 0 Å². The van der Waals surface area contributed by atoms with Gasteiger partial charge in [-0.3, -0.25) is 4.90 Å². The molecule has 0 saturated heterocycles. The first-order valence-corrected chi connectivity index (χ1v) is 6.73. The number of hydrogen-bond acceptors (Lipinski definition) is 2. The van der Waals surface area contributed by atoms with Crippen LogP contribution in [0.15, 0.2) is 0 Å². The Bertz CT molecular complexity index is 153. The molecule has 15 heavy (non-hydrogen) atoms. The second-order valence-corrected chi connectivity index (χ2v) is 4.80. The van der Waals surface area contributed by atoms with E-state index in [2.05, 4.69) is 31.1 Å². The van der Waals surface area contributed by atoms with Crippen LogP contribution in [-0.4, -0.2) is 37.1 Å². The minimum atomic E-state index is 0.690. The highest BCUT2D eigenvalue weighted by molar-refractivity contribution is 4.80. The van der Waals surface area contributed by atoms with E-state index in [9.17, 15) is 0 Å². The zero-order chi connectivity index (χ0) is 11.1. The lowest BCUT2D eigenvalue weighted by atomic mass is 10.1. The molecular formula is C13H28N2. The molecule has 1 rings (SSSR count). The quantitative estimate of drug-likeness (QED) is 0.698. The lowest BCUT2D eigenvalue weighted by molar-refractivity contribution is 0.185. The van der Waals surface area contributed by atoms with Crippen molar-refractivity contribution in [2.24, 2.45) is 0 Å². The van der Waals surface area contributed by atoms with Gasteiger partial charge in [0.2, 0.25) is 0 Å². The fourth-order valence-electron chi connectivity index (χ4n) is 2.76. The van der Waals surface area contributed by atoms with E-state index in [0.717, 1.165) is 6.04 Å². The van der Waals surface area contributed by atoms with Crippen molar-refractivity contribution in [2.75, 3.05) is 20.1 Å². The highest BCUT2D eigenvalue weighted by atomic mass is 15.2. The molecule has 0 aromatic heterocycles. The van der Waals surface area contributed by atoms with Gasteiger partial charge in [-0.15, -0.1) is 0 Å².